The summed E-state index contributed by atoms with van der Waals surface area (Å²) in [6.07, 6.45) is 0. The van der Waals surface area contributed by atoms with E-state index in [-0.39, 0.29) is 16.9 Å². The van der Waals surface area contributed by atoms with Gasteiger partial charge in [0.1, 0.15) is 5.69 Å². The van der Waals surface area contributed by atoms with Crippen LogP contribution in [0.25, 0.3) is 0 Å². The number of urea groups is 1. The summed E-state index contributed by atoms with van der Waals surface area (Å²) in [6.45, 7) is 3.00. The average molecular weight is 400 g/mol. The van der Waals surface area contributed by atoms with Crippen LogP contribution in [0, 0.1) is 24.0 Å². The maximum Gasteiger partial charge on any atom is 0.338 e. The Morgan fingerprint density at radius 3 is 2.38 bits per heavy atom. The maximum absolute atomic E-state index is 12.0. The summed E-state index contributed by atoms with van der Waals surface area (Å²) in [5.41, 5.74) is 2.22. The molecule has 2 aromatic rings. The quantitative estimate of drug-likeness (QED) is 0.385. The van der Waals surface area contributed by atoms with Crippen LogP contribution in [0.2, 0.25) is 0 Å². The molecule has 2 aromatic carbocycles. The van der Waals surface area contributed by atoms with Crippen LogP contribution in [0.15, 0.2) is 36.4 Å². The highest BCUT2D eigenvalue weighted by Gasteiger charge is 2.19. The van der Waals surface area contributed by atoms with Gasteiger partial charge in [-0.3, -0.25) is 20.2 Å². The Labute approximate surface area is 166 Å². The number of esters is 1. The molecule has 0 atom stereocenters. The molecule has 0 aliphatic heterocycles. The fourth-order valence-electron chi connectivity index (χ4n) is 2.51. The van der Waals surface area contributed by atoms with Crippen molar-refractivity contribution in [2.45, 2.75) is 13.8 Å². The molecule has 0 fully saturated rings. The van der Waals surface area contributed by atoms with Gasteiger partial charge in [0.25, 0.3) is 11.6 Å². The number of nitro groups is 1. The summed E-state index contributed by atoms with van der Waals surface area (Å²) in [5.74, 6) is -1.78. The smallest absolute Gasteiger partial charge is 0.338 e. The lowest BCUT2D eigenvalue weighted by molar-refractivity contribution is -0.384. The number of carbonyl (C=O) groups excluding carboxylic acids is 3. The second-order valence-corrected chi connectivity index (χ2v) is 6.14. The molecule has 10 heteroatoms. The number of rotatable bonds is 6. The van der Waals surface area contributed by atoms with Crippen LogP contribution < -0.4 is 16.0 Å². The van der Waals surface area contributed by atoms with Gasteiger partial charge < -0.3 is 15.4 Å². The van der Waals surface area contributed by atoms with E-state index < -0.39 is 29.4 Å². The van der Waals surface area contributed by atoms with E-state index in [1.165, 1.54) is 19.2 Å². The van der Waals surface area contributed by atoms with Crippen molar-refractivity contribution < 1.29 is 24.0 Å². The van der Waals surface area contributed by atoms with Gasteiger partial charge in [0, 0.05) is 18.8 Å². The second kappa shape index (κ2) is 9.31. The van der Waals surface area contributed by atoms with E-state index in [4.69, 9.17) is 4.74 Å². The normalized spacial score (nSPS) is 10.0. The average Bonchev–Trinajstić information content (AvgIpc) is 2.67. The number of nitrogens with one attached hydrogen (secondary N) is 3. The van der Waals surface area contributed by atoms with Gasteiger partial charge in [-0.05, 0) is 37.6 Å². The van der Waals surface area contributed by atoms with Gasteiger partial charge in [-0.2, -0.15) is 0 Å². The molecular formula is C19H20N4O6. The van der Waals surface area contributed by atoms with Crippen molar-refractivity contribution >= 4 is 35.0 Å². The number of nitro benzene ring substituents is 1. The third kappa shape index (κ3) is 5.76. The van der Waals surface area contributed by atoms with Gasteiger partial charge in [-0.15, -0.1) is 0 Å². The first kappa shape index (κ1) is 21.4. The number of carbonyl (C=O) groups is 3. The molecule has 2 rings (SSSR count). The standard InChI is InChI=1S/C19H20N4O6/c1-11-4-6-14(12(2)8-11)21-19(26)22-17(24)10-29-18(25)13-5-7-15(20-3)16(9-13)23(27)28/h4-9,20H,10H2,1-3H3,(H2,21,22,24,26). The van der Waals surface area contributed by atoms with Crippen LogP contribution in [0.4, 0.5) is 21.9 Å². The fraction of sp³-hybridized carbons (Fsp3) is 0.211. The van der Waals surface area contributed by atoms with E-state index in [0.29, 0.717) is 5.69 Å². The van der Waals surface area contributed by atoms with Crippen LogP contribution in [-0.4, -0.2) is 36.5 Å². The minimum Gasteiger partial charge on any atom is -0.452 e. The largest absolute Gasteiger partial charge is 0.452 e. The van der Waals surface area contributed by atoms with Crippen molar-refractivity contribution in [3.8, 4) is 0 Å². The van der Waals surface area contributed by atoms with Crippen LogP contribution in [-0.2, 0) is 9.53 Å². The lowest BCUT2D eigenvalue weighted by atomic mass is 10.1. The molecule has 0 saturated heterocycles. The lowest BCUT2D eigenvalue weighted by Crippen LogP contribution is -2.37. The molecular weight excluding hydrogens is 380 g/mol. The zero-order chi connectivity index (χ0) is 21.6. The predicted molar refractivity (Wildman–Crippen MR) is 106 cm³/mol. The number of anilines is 2. The summed E-state index contributed by atoms with van der Waals surface area (Å²) in [5, 5.41) is 18.2. The molecule has 3 N–H and O–H groups in total. The SMILES string of the molecule is CNc1ccc(C(=O)OCC(=O)NC(=O)Nc2ccc(C)cc2C)cc1[N+](=O)[O-]. The van der Waals surface area contributed by atoms with Crippen molar-refractivity contribution in [2.75, 3.05) is 24.3 Å². The molecule has 0 aliphatic rings. The summed E-state index contributed by atoms with van der Waals surface area (Å²) in [6, 6.07) is 8.34. The highest BCUT2D eigenvalue weighted by Crippen LogP contribution is 2.25. The number of hydrogen-bond donors (Lipinski definition) is 3. The highest BCUT2D eigenvalue weighted by molar-refractivity contribution is 6.02. The van der Waals surface area contributed by atoms with Crippen molar-refractivity contribution in [1.82, 2.24) is 5.32 Å². The predicted octanol–water partition coefficient (Wildman–Crippen LogP) is 2.76. The molecule has 0 aliphatic carbocycles. The van der Waals surface area contributed by atoms with Crippen molar-refractivity contribution in [3.05, 3.63) is 63.2 Å². The lowest BCUT2D eigenvalue weighted by Gasteiger charge is -2.10. The van der Waals surface area contributed by atoms with E-state index in [1.54, 1.807) is 6.07 Å². The number of benzene rings is 2. The summed E-state index contributed by atoms with van der Waals surface area (Å²) in [4.78, 5) is 46.2. The molecule has 0 radical (unpaired) electrons. The van der Waals surface area contributed by atoms with Gasteiger partial charge in [0.2, 0.25) is 0 Å². The highest BCUT2D eigenvalue weighted by atomic mass is 16.6. The Hall–Kier alpha value is -3.95. The Bertz CT molecular complexity index is 973. The minimum absolute atomic E-state index is 0.0942. The Balaban J connectivity index is 1.91. The molecule has 3 amide bonds. The number of ether oxygens (including phenoxy) is 1. The molecule has 0 aromatic heterocycles. The van der Waals surface area contributed by atoms with Crippen LogP contribution in [0.3, 0.4) is 0 Å². The van der Waals surface area contributed by atoms with E-state index in [2.05, 4.69) is 10.6 Å². The molecule has 10 nitrogen and oxygen atoms in total. The van der Waals surface area contributed by atoms with Gasteiger partial charge >= 0.3 is 12.0 Å². The molecule has 29 heavy (non-hydrogen) atoms. The molecule has 0 unspecified atom stereocenters. The summed E-state index contributed by atoms with van der Waals surface area (Å²) < 4.78 is 4.81. The number of aryl methyl sites for hydroxylation is 2. The maximum atomic E-state index is 12.0. The van der Waals surface area contributed by atoms with E-state index in [1.807, 2.05) is 31.3 Å². The van der Waals surface area contributed by atoms with Gasteiger partial charge in [-0.1, -0.05) is 17.7 Å². The molecule has 0 heterocycles. The topological polar surface area (TPSA) is 140 Å². The number of amides is 3. The van der Waals surface area contributed by atoms with Crippen LogP contribution in [0.5, 0.6) is 0 Å². The molecule has 0 spiro atoms. The molecule has 152 valence electrons. The van der Waals surface area contributed by atoms with Crippen molar-refractivity contribution in [1.29, 1.82) is 0 Å². The van der Waals surface area contributed by atoms with E-state index in [9.17, 15) is 24.5 Å². The van der Waals surface area contributed by atoms with Gasteiger partial charge in [-0.25, -0.2) is 9.59 Å². The third-order valence-electron chi connectivity index (χ3n) is 3.92. The zero-order valence-corrected chi connectivity index (χ0v) is 16.1. The summed E-state index contributed by atoms with van der Waals surface area (Å²) >= 11 is 0. The first-order valence-electron chi connectivity index (χ1n) is 8.52. The first-order valence-corrected chi connectivity index (χ1v) is 8.52. The van der Waals surface area contributed by atoms with Crippen molar-refractivity contribution in [3.63, 3.8) is 0 Å². The van der Waals surface area contributed by atoms with Crippen molar-refractivity contribution in [2.24, 2.45) is 0 Å². The third-order valence-corrected chi connectivity index (χ3v) is 3.92. The first-order chi connectivity index (χ1) is 13.7. The van der Waals surface area contributed by atoms with E-state index in [0.717, 1.165) is 17.2 Å². The Kier molecular flexibility index (Phi) is 6.85. The van der Waals surface area contributed by atoms with E-state index >= 15 is 0 Å². The minimum atomic E-state index is -0.930. The second-order valence-electron chi connectivity index (χ2n) is 6.14. The Morgan fingerprint density at radius 1 is 1.07 bits per heavy atom. The number of hydrogen-bond acceptors (Lipinski definition) is 7. The van der Waals surface area contributed by atoms with Crippen LogP contribution >= 0.6 is 0 Å². The Morgan fingerprint density at radius 2 is 1.76 bits per heavy atom. The van der Waals surface area contributed by atoms with Gasteiger partial charge in [0.05, 0.1) is 10.5 Å². The van der Waals surface area contributed by atoms with Gasteiger partial charge in [0.15, 0.2) is 6.61 Å². The molecule has 0 saturated carbocycles. The fourth-order valence-corrected chi connectivity index (χ4v) is 2.51. The zero-order valence-electron chi connectivity index (χ0n) is 16.1. The summed E-state index contributed by atoms with van der Waals surface area (Å²) in [7, 11) is 1.51. The van der Waals surface area contributed by atoms with Crippen LogP contribution in [0.1, 0.15) is 21.5 Å². The molecule has 0 bridgehead atoms. The monoisotopic (exact) mass is 400 g/mol. The number of nitrogens with zero attached hydrogens (tertiary/aromatic N) is 1. The number of imide groups is 1.